The Morgan fingerprint density at radius 3 is 2.28 bits per heavy atom. The highest BCUT2D eigenvalue weighted by molar-refractivity contribution is 8.07. The largest absolute Gasteiger partial charge is 0.408 e. The zero-order chi connectivity index (χ0) is 34.7. The van der Waals surface area contributed by atoms with E-state index in [2.05, 4.69) is 82.7 Å². The third-order valence-electron chi connectivity index (χ3n) is 9.76. The number of anilines is 1. The second-order valence-electron chi connectivity index (χ2n) is 15.1. The van der Waals surface area contributed by atoms with Crippen LogP contribution in [-0.2, 0) is 39.0 Å². The lowest BCUT2D eigenvalue weighted by Gasteiger charge is -2.44. The second-order valence-corrected chi connectivity index (χ2v) is 28.5. The molecule has 0 radical (unpaired) electrons. The summed E-state index contributed by atoms with van der Waals surface area (Å²) in [6, 6.07) is 5.20. The second kappa shape index (κ2) is 13.3. The molecule has 2 N–H and O–H groups in total. The van der Waals surface area contributed by atoms with Crippen molar-refractivity contribution in [3.8, 4) is 0 Å². The molecule has 4 heterocycles. The number of aromatic nitrogens is 4. The van der Waals surface area contributed by atoms with Crippen LogP contribution in [0.1, 0.15) is 59.4 Å². The van der Waals surface area contributed by atoms with Crippen LogP contribution in [0.15, 0.2) is 30.9 Å². The van der Waals surface area contributed by atoms with E-state index in [4.69, 9.17) is 67.9 Å². The molecule has 0 saturated carbocycles. The van der Waals surface area contributed by atoms with Gasteiger partial charge in [0.05, 0.1) is 19.5 Å². The summed E-state index contributed by atoms with van der Waals surface area (Å²) in [5.41, 5.74) is 7.88. The highest BCUT2D eigenvalue weighted by atomic mass is 35.5. The zero-order valence-corrected chi connectivity index (χ0v) is 33.8. The summed E-state index contributed by atoms with van der Waals surface area (Å²) in [4.78, 5) is 13.2. The van der Waals surface area contributed by atoms with Crippen molar-refractivity contribution >= 4 is 75.3 Å². The number of fused-ring (bicyclic) bond motifs is 1. The molecule has 1 aromatic carbocycles. The summed E-state index contributed by atoms with van der Waals surface area (Å²) in [6.45, 7) is 19.1. The number of halogens is 2. The van der Waals surface area contributed by atoms with Crippen molar-refractivity contribution in [1.29, 1.82) is 0 Å². The van der Waals surface area contributed by atoms with Gasteiger partial charge in [0, 0.05) is 15.6 Å². The molecule has 6 atom stereocenters. The smallest absolute Gasteiger partial charge is 0.328 e. The van der Waals surface area contributed by atoms with E-state index >= 15 is 0 Å². The normalized spacial score (nSPS) is 27.6. The molecule has 260 valence electrons. The predicted octanol–water partition coefficient (Wildman–Crippen LogP) is 8.42. The number of imidazole rings is 1. The van der Waals surface area contributed by atoms with E-state index in [1.165, 1.54) is 6.33 Å². The number of nitrogens with zero attached hydrogens (tertiary/aromatic N) is 4. The fourth-order valence-corrected chi connectivity index (χ4v) is 9.97. The summed E-state index contributed by atoms with van der Waals surface area (Å²) < 4.78 is 41.7. The van der Waals surface area contributed by atoms with Crippen molar-refractivity contribution in [1.82, 2.24) is 19.5 Å². The Balaban J connectivity index is 1.50. The Hall–Kier alpha value is -1.01. The fourth-order valence-electron chi connectivity index (χ4n) is 4.94. The first-order chi connectivity index (χ1) is 21.6. The van der Waals surface area contributed by atoms with Gasteiger partial charge in [-0.15, -0.1) is 0 Å². The molecule has 47 heavy (non-hydrogen) atoms. The van der Waals surface area contributed by atoms with Crippen LogP contribution in [-0.4, -0.2) is 67.7 Å². The van der Waals surface area contributed by atoms with Gasteiger partial charge in [-0.2, -0.15) is 0 Å². The summed E-state index contributed by atoms with van der Waals surface area (Å²) >= 11 is 18.5. The number of benzene rings is 1. The number of hydrogen-bond donors (Lipinski definition) is 1. The van der Waals surface area contributed by atoms with Crippen LogP contribution in [0, 0.1) is 0 Å². The maximum Gasteiger partial charge on any atom is 0.328 e. The molecule has 3 aromatic rings. The molecule has 17 heteroatoms. The summed E-state index contributed by atoms with van der Waals surface area (Å²) in [5, 5.41) is 0.875. The monoisotopic (exact) mass is 761 g/mol. The Labute approximate surface area is 294 Å². The molecule has 2 aliphatic heterocycles. The molecule has 0 aliphatic carbocycles. The van der Waals surface area contributed by atoms with Gasteiger partial charge in [-0.05, 0) is 66.3 Å². The summed E-state index contributed by atoms with van der Waals surface area (Å²) in [5.74, 6) is 0.283. The van der Waals surface area contributed by atoms with Crippen molar-refractivity contribution in [2.75, 3.05) is 18.9 Å². The van der Waals surface area contributed by atoms with Crippen LogP contribution in [0.2, 0.25) is 46.3 Å². The number of rotatable bonds is 9. The maximum absolute atomic E-state index is 7.20. The molecular weight excluding hydrogens is 716 g/mol. The first-order valence-electron chi connectivity index (χ1n) is 15.6. The molecule has 2 aromatic heterocycles. The van der Waals surface area contributed by atoms with Gasteiger partial charge in [0.1, 0.15) is 36.3 Å². The number of nitrogens with two attached hydrogens (primary N) is 1. The third-order valence-corrected chi connectivity index (χ3v) is 21.6. The lowest BCUT2D eigenvalue weighted by molar-refractivity contribution is -0.0468. The molecule has 1 unspecified atom stereocenters. The predicted molar refractivity (Wildman–Crippen MR) is 194 cm³/mol. The molecule has 2 aliphatic rings. The highest BCUT2D eigenvalue weighted by Gasteiger charge is 2.55. The van der Waals surface area contributed by atoms with Crippen molar-refractivity contribution in [3.63, 3.8) is 0 Å². The topological polar surface area (TPSA) is 125 Å². The van der Waals surface area contributed by atoms with E-state index in [1.54, 1.807) is 24.5 Å². The van der Waals surface area contributed by atoms with Gasteiger partial charge in [-0.1, -0.05) is 64.7 Å². The standard InChI is InChI=1S/C30H46Cl2N5O6PSSi2/c1-29(2,3)46(7,8)42-24-22(15-39-44(45)38-14-21(41-44)19-13-18(31)11-12-20(19)32)40-28(25(24)43-47(9,10)30(4,5)6)37-17-36-23-26(33)34-16-35-27(23)37/h11-13,16-17,21-22,24-25,28H,14-15H2,1-10H3,(H2,33,34,35)/t21-,22+,24+,25+,28+,44?/m0/s1. The maximum atomic E-state index is 7.20. The van der Waals surface area contributed by atoms with Crippen LogP contribution in [0.25, 0.3) is 11.2 Å². The zero-order valence-electron chi connectivity index (χ0n) is 28.6. The highest BCUT2D eigenvalue weighted by Crippen LogP contribution is 2.60. The lowest BCUT2D eigenvalue weighted by atomic mass is 10.1. The van der Waals surface area contributed by atoms with E-state index in [0.29, 0.717) is 26.8 Å². The van der Waals surface area contributed by atoms with Gasteiger partial charge in [0.25, 0.3) is 0 Å². The van der Waals surface area contributed by atoms with Crippen LogP contribution >= 0.6 is 29.9 Å². The van der Waals surface area contributed by atoms with Crippen molar-refractivity contribution in [2.45, 2.75) is 108 Å². The molecule has 2 saturated heterocycles. The number of nitrogen functional groups attached to an aromatic ring is 1. The minimum absolute atomic E-state index is 0.0458. The number of ether oxygens (including phenoxy) is 1. The van der Waals surface area contributed by atoms with E-state index in [1.807, 2.05) is 4.57 Å². The van der Waals surface area contributed by atoms with Gasteiger partial charge in [-0.25, -0.2) is 15.0 Å². The van der Waals surface area contributed by atoms with Gasteiger partial charge in [-0.3, -0.25) is 9.09 Å². The van der Waals surface area contributed by atoms with Gasteiger partial charge in [0.15, 0.2) is 34.3 Å². The minimum atomic E-state index is -3.18. The van der Waals surface area contributed by atoms with E-state index in [0.717, 1.165) is 0 Å². The van der Waals surface area contributed by atoms with Crippen LogP contribution in [0.3, 0.4) is 0 Å². The average molecular weight is 763 g/mol. The molecule has 2 fully saturated rings. The van der Waals surface area contributed by atoms with Crippen LogP contribution in [0.4, 0.5) is 5.82 Å². The molecule has 0 spiro atoms. The van der Waals surface area contributed by atoms with Gasteiger partial charge < -0.3 is 28.4 Å². The molecule has 0 bridgehead atoms. The van der Waals surface area contributed by atoms with Crippen molar-refractivity contribution < 1.29 is 27.2 Å². The van der Waals surface area contributed by atoms with Gasteiger partial charge in [0.2, 0.25) is 0 Å². The summed E-state index contributed by atoms with van der Waals surface area (Å²) in [7, 11) is -4.75. The first kappa shape index (κ1) is 37.3. The Bertz CT molecular complexity index is 1670. The molecular formula is C30H46Cl2N5O6PSSi2. The third kappa shape index (κ3) is 7.69. The van der Waals surface area contributed by atoms with Crippen molar-refractivity contribution in [2.24, 2.45) is 0 Å². The number of hydrogen-bond acceptors (Lipinski definition) is 11. The lowest BCUT2D eigenvalue weighted by Crippen LogP contribution is -2.54. The van der Waals surface area contributed by atoms with Crippen molar-refractivity contribution in [3.05, 3.63) is 46.5 Å². The Kier molecular flexibility index (Phi) is 10.5. The molecule has 11 nitrogen and oxygen atoms in total. The van der Waals surface area contributed by atoms with Crippen LogP contribution in [0.5, 0.6) is 0 Å². The van der Waals surface area contributed by atoms with E-state index < -0.39 is 54.0 Å². The van der Waals surface area contributed by atoms with Crippen LogP contribution < -0.4 is 5.73 Å². The molecule has 0 amide bonds. The average Bonchev–Trinajstić information content (AvgIpc) is 3.64. The Morgan fingerprint density at radius 2 is 1.64 bits per heavy atom. The SMILES string of the molecule is CC(C)(C)[Si](C)(C)O[C@@H]1[C@H](O[Si](C)(C)C(C)(C)C)[C@@H](COP2(=S)OC[C@@H](c3cc(Cl)ccc3Cl)O2)O[C@H]1n1cnc2c(N)ncnc21. The fraction of sp³-hybridized carbons (Fsp3) is 0.633. The van der Waals surface area contributed by atoms with E-state index in [-0.39, 0.29) is 29.1 Å². The molecule has 5 rings (SSSR count). The Morgan fingerprint density at radius 1 is 1.00 bits per heavy atom. The summed E-state index contributed by atoms with van der Waals surface area (Å²) in [6.07, 6.45) is 0.265. The van der Waals surface area contributed by atoms with Gasteiger partial charge >= 0.3 is 6.72 Å². The minimum Gasteiger partial charge on any atom is -0.408 e. The first-order valence-corrected chi connectivity index (χ1v) is 24.7. The van der Waals surface area contributed by atoms with E-state index in [9.17, 15) is 0 Å². The quantitative estimate of drug-likeness (QED) is 0.167.